The Labute approximate surface area is 99.2 Å². The van der Waals surface area contributed by atoms with E-state index < -0.39 is 0 Å². The SMILES string of the molecule is O=C1COCC(CO)N1Cc1cccc(O)c1. The van der Waals surface area contributed by atoms with Crippen molar-refractivity contribution in [3.8, 4) is 5.75 Å². The molecule has 1 heterocycles. The van der Waals surface area contributed by atoms with Crippen molar-refractivity contribution in [2.75, 3.05) is 19.8 Å². The predicted molar refractivity (Wildman–Crippen MR) is 60.3 cm³/mol. The number of aliphatic hydroxyl groups is 1. The van der Waals surface area contributed by atoms with E-state index >= 15 is 0 Å². The maximum atomic E-state index is 11.7. The lowest BCUT2D eigenvalue weighted by atomic mass is 10.1. The Morgan fingerprint density at radius 1 is 1.47 bits per heavy atom. The Kier molecular flexibility index (Phi) is 3.61. The van der Waals surface area contributed by atoms with Crippen LogP contribution in [0.15, 0.2) is 24.3 Å². The van der Waals surface area contributed by atoms with Gasteiger partial charge in [-0.05, 0) is 17.7 Å². The minimum atomic E-state index is -0.307. The number of phenols is 1. The first-order valence-electron chi connectivity index (χ1n) is 5.46. The van der Waals surface area contributed by atoms with E-state index in [1.54, 1.807) is 23.1 Å². The second-order valence-electron chi connectivity index (χ2n) is 4.04. The lowest BCUT2D eigenvalue weighted by Gasteiger charge is -2.34. The number of phenolic OH excluding ortho intramolecular Hbond substituents is 1. The summed E-state index contributed by atoms with van der Waals surface area (Å²) in [6.45, 7) is 0.656. The summed E-state index contributed by atoms with van der Waals surface area (Å²) in [5.41, 5.74) is 0.832. The average molecular weight is 237 g/mol. The number of rotatable bonds is 3. The van der Waals surface area contributed by atoms with E-state index in [0.29, 0.717) is 13.2 Å². The molecule has 2 N–H and O–H groups in total. The van der Waals surface area contributed by atoms with Crippen molar-refractivity contribution in [3.05, 3.63) is 29.8 Å². The van der Waals surface area contributed by atoms with Crippen LogP contribution in [0.2, 0.25) is 0 Å². The van der Waals surface area contributed by atoms with Crippen LogP contribution in [-0.2, 0) is 16.1 Å². The highest BCUT2D eigenvalue weighted by Gasteiger charge is 2.28. The zero-order chi connectivity index (χ0) is 12.3. The van der Waals surface area contributed by atoms with Crippen LogP contribution in [0.25, 0.3) is 0 Å². The molecule has 1 aliphatic heterocycles. The number of amides is 1. The largest absolute Gasteiger partial charge is 0.508 e. The number of ether oxygens (including phenoxy) is 1. The van der Waals surface area contributed by atoms with Crippen molar-refractivity contribution in [2.24, 2.45) is 0 Å². The molecule has 2 rings (SSSR count). The third kappa shape index (κ3) is 2.75. The summed E-state index contributed by atoms with van der Waals surface area (Å²) in [5.74, 6) is 0.0300. The van der Waals surface area contributed by atoms with Gasteiger partial charge in [-0.25, -0.2) is 0 Å². The first kappa shape index (κ1) is 11.9. The van der Waals surface area contributed by atoms with Crippen LogP contribution in [0.5, 0.6) is 5.75 Å². The van der Waals surface area contributed by atoms with E-state index in [1.807, 2.05) is 6.07 Å². The molecule has 1 aromatic carbocycles. The molecule has 0 aromatic heterocycles. The molecular formula is C12H15NO4. The lowest BCUT2D eigenvalue weighted by molar-refractivity contribution is -0.151. The van der Waals surface area contributed by atoms with Gasteiger partial charge in [0.2, 0.25) is 5.91 Å². The van der Waals surface area contributed by atoms with Gasteiger partial charge in [-0.2, -0.15) is 0 Å². The Bertz CT molecular complexity index is 407. The molecule has 17 heavy (non-hydrogen) atoms. The summed E-state index contributed by atoms with van der Waals surface area (Å²) in [6, 6.07) is 6.43. The number of benzene rings is 1. The molecule has 0 aliphatic carbocycles. The molecule has 92 valence electrons. The number of hydrogen-bond acceptors (Lipinski definition) is 4. The fraction of sp³-hybridized carbons (Fsp3) is 0.417. The second kappa shape index (κ2) is 5.16. The number of hydrogen-bond donors (Lipinski definition) is 2. The second-order valence-corrected chi connectivity index (χ2v) is 4.04. The summed E-state index contributed by atoms with van der Waals surface area (Å²) in [6.07, 6.45) is 0. The summed E-state index contributed by atoms with van der Waals surface area (Å²) >= 11 is 0. The molecule has 1 aliphatic rings. The van der Waals surface area contributed by atoms with Gasteiger partial charge in [0, 0.05) is 6.54 Å². The van der Waals surface area contributed by atoms with Crippen molar-refractivity contribution >= 4 is 5.91 Å². The molecule has 5 nitrogen and oxygen atoms in total. The molecular weight excluding hydrogens is 222 g/mol. The van der Waals surface area contributed by atoms with Crippen LogP contribution in [0.4, 0.5) is 0 Å². The average Bonchev–Trinajstić information content (AvgIpc) is 2.32. The summed E-state index contributed by atoms with van der Waals surface area (Å²) in [7, 11) is 0. The molecule has 1 aromatic rings. The zero-order valence-corrected chi connectivity index (χ0v) is 9.37. The van der Waals surface area contributed by atoms with Crippen LogP contribution in [0.3, 0.4) is 0 Å². The zero-order valence-electron chi connectivity index (χ0n) is 9.37. The highest BCUT2D eigenvalue weighted by molar-refractivity contribution is 5.78. The van der Waals surface area contributed by atoms with E-state index in [1.165, 1.54) is 0 Å². The molecule has 1 atom stereocenters. The van der Waals surface area contributed by atoms with Crippen LogP contribution in [0, 0.1) is 0 Å². The molecule has 1 amide bonds. The first-order chi connectivity index (χ1) is 8.20. The van der Waals surface area contributed by atoms with Crippen molar-refractivity contribution in [1.82, 2.24) is 4.90 Å². The maximum Gasteiger partial charge on any atom is 0.249 e. The van der Waals surface area contributed by atoms with E-state index in [0.717, 1.165) is 5.56 Å². The topological polar surface area (TPSA) is 70.0 Å². The van der Waals surface area contributed by atoms with Gasteiger partial charge in [-0.3, -0.25) is 4.79 Å². The number of aromatic hydroxyl groups is 1. The van der Waals surface area contributed by atoms with Crippen molar-refractivity contribution < 1.29 is 19.7 Å². The summed E-state index contributed by atoms with van der Waals surface area (Å²) in [4.78, 5) is 13.3. The minimum Gasteiger partial charge on any atom is -0.508 e. The summed E-state index contributed by atoms with van der Waals surface area (Å²) < 4.78 is 5.08. The monoisotopic (exact) mass is 237 g/mol. The van der Waals surface area contributed by atoms with Crippen LogP contribution >= 0.6 is 0 Å². The van der Waals surface area contributed by atoms with Gasteiger partial charge in [0.25, 0.3) is 0 Å². The normalized spacial score (nSPS) is 20.6. The Balaban J connectivity index is 2.12. The molecule has 0 spiro atoms. The van der Waals surface area contributed by atoms with Crippen molar-refractivity contribution in [3.63, 3.8) is 0 Å². The maximum absolute atomic E-state index is 11.7. The first-order valence-corrected chi connectivity index (χ1v) is 5.46. The highest BCUT2D eigenvalue weighted by Crippen LogP contribution is 2.16. The van der Waals surface area contributed by atoms with E-state index in [4.69, 9.17) is 4.74 Å². The number of carbonyl (C=O) groups excluding carboxylic acids is 1. The minimum absolute atomic E-state index is 0.0509. The Hall–Kier alpha value is -1.59. The third-order valence-electron chi connectivity index (χ3n) is 2.77. The van der Waals surface area contributed by atoms with Gasteiger partial charge in [-0.1, -0.05) is 12.1 Å². The van der Waals surface area contributed by atoms with Crippen LogP contribution < -0.4 is 0 Å². The van der Waals surface area contributed by atoms with Crippen molar-refractivity contribution in [2.45, 2.75) is 12.6 Å². The van der Waals surface area contributed by atoms with Gasteiger partial charge in [0.1, 0.15) is 12.4 Å². The van der Waals surface area contributed by atoms with Crippen molar-refractivity contribution in [1.29, 1.82) is 0 Å². The highest BCUT2D eigenvalue weighted by atomic mass is 16.5. The number of aliphatic hydroxyl groups excluding tert-OH is 1. The Morgan fingerprint density at radius 3 is 3.00 bits per heavy atom. The van der Waals surface area contributed by atoms with Crippen LogP contribution in [-0.4, -0.2) is 46.9 Å². The van der Waals surface area contributed by atoms with Gasteiger partial charge in [0.05, 0.1) is 19.3 Å². The van der Waals surface area contributed by atoms with E-state index in [9.17, 15) is 15.0 Å². The lowest BCUT2D eigenvalue weighted by Crippen LogP contribution is -2.50. The van der Waals surface area contributed by atoms with Crippen LogP contribution in [0.1, 0.15) is 5.56 Å². The molecule has 1 unspecified atom stereocenters. The molecule has 0 radical (unpaired) electrons. The number of carbonyl (C=O) groups is 1. The molecule has 0 saturated carbocycles. The van der Waals surface area contributed by atoms with E-state index in [-0.39, 0.29) is 30.9 Å². The number of nitrogens with zero attached hydrogens (tertiary/aromatic N) is 1. The van der Waals surface area contributed by atoms with Gasteiger partial charge >= 0.3 is 0 Å². The molecule has 5 heteroatoms. The van der Waals surface area contributed by atoms with E-state index in [2.05, 4.69) is 0 Å². The standard InChI is InChI=1S/C12H15NO4/c14-6-10-7-17-8-12(16)13(10)5-9-2-1-3-11(15)4-9/h1-4,10,14-15H,5-8H2. The van der Waals surface area contributed by atoms with Gasteiger partial charge in [0.15, 0.2) is 0 Å². The fourth-order valence-corrected chi connectivity index (χ4v) is 1.88. The molecule has 1 saturated heterocycles. The number of morpholine rings is 1. The smallest absolute Gasteiger partial charge is 0.249 e. The summed E-state index contributed by atoms with van der Waals surface area (Å²) in [5, 5.41) is 18.5. The molecule has 0 bridgehead atoms. The quantitative estimate of drug-likeness (QED) is 0.783. The van der Waals surface area contributed by atoms with Gasteiger partial charge < -0.3 is 19.8 Å². The predicted octanol–water partition coefficient (Wildman–Crippen LogP) is 0.112. The Morgan fingerprint density at radius 2 is 2.29 bits per heavy atom. The third-order valence-corrected chi connectivity index (χ3v) is 2.77. The fourth-order valence-electron chi connectivity index (χ4n) is 1.88. The molecule has 1 fully saturated rings. The van der Waals surface area contributed by atoms with Gasteiger partial charge in [-0.15, -0.1) is 0 Å².